The number of aromatic hydroxyl groups is 1. The third-order valence-electron chi connectivity index (χ3n) is 5.13. The highest BCUT2D eigenvalue weighted by molar-refractivity contribution is 8.26. The van der Waals surface area contributed by atoms with Gasteiger partial charge in [-0.15, -0.1) is 0 Å². The Morgan fingerprint density at radius 1 is 0.969 bits per heavy atom. The lowest BCUT2D eigenvalue weighted by Gasteiger charge is -2.14. The van der Waals surface area contributed by atoms with Gasteiger partial charge in [0.2, 0.25) is 0 Å². The summed E-state index contributed by atoms with van der Waals surface area (Å²) in [6.45, 7) is 4.49. The summed E-state index contributed by atoms with van der Waals surface area (Å²) < 4.78 is 0.496. The Bertz CT molecular complexity index is 1250. The molecule has 0 saturated carbocycles. The normalized spacial score (nSPS) is 15.3. The van der Waals surface area contributed by atoms with E-state index in [1.54, 1.807) is 29.2 Å². The van der Waals surface area contributed by atoms with Gasteiger partial charge in [0.05, 0.1) is 22.8 Å². The van der Waals surface area contributed by atoms with Gasteiger partial charge in [0.1, 0.15) is 10.1 Å². The average molecular weight is 460 g/mol. The van der Waals surface area contributed by atoms with E-state index >= 15 is 0 Å². The van der Waals surface area contributed by atoms with Crippen LogP contribution < -0.4 is 0 Å². The molecule has 5 nitrogen and oxygen atoms in total. The SMILES string of the molecule is Cc1ccc(N=Nc2ccc(O)c(/C=C3\SC(=S)N(Cc4ccccc4)C3=O)c2)cc1C. The van der Waals surface area contributed by atoms with Crippen molar-refractivity contribution in [3.05, 3.63) is 93.9 Å². The number of carbonyl (C=O) groups is 1. The molecule has 4 rings (SSSR count). The summed E-state index contributed by atoms with van der Waals surface area (Å²) in [7, 11) is 0. The molecule has 0 spiro atoms. The molecular formula is C25H21N3O2S2. The van der Waals surface area contributed by atoms with E-state index in [9.17, 15) is 9.90 Å². The monoisotopic (exact) mass is 459 g/mol. The third-order valence-corrected chi connectivity index (χ3v) is 6.50. The van der Waals surface area contributed by atoms with Gasteiger partial charge in [-0.1, -0.05) is 60.4 Å². The van der Waals surface area contributed by atoms with Crippen molar-refractivity contribution in [2.45, 2.75) is 20.4 Å². The summed E-state index contributed by atoms with van der Waals surface area (Å²) in [6, 6.07) is 20.5. The second-order valence-corrected chi connectivity index (χ2v) is 9.14. The van der Waals surface area contributed by atoms with E-state index in [1.807, 2.05) is 62.4 Å². The van der Waals surface area contributed by atoms with Crippen molar-refractivity contribution in [2.75, 3.05) is 0 Å². The first-order chi connectivity index (χ1) is 15.4. The van der Waals surface area contributed by atoms with Gasteiger partial charge >= 0.3 is 0 Å². The second-order valence-electron chi connectivity index (χ2n) is 7.47. The first kappa shape index (κ1) is 21.9. The van der Waals surface area contributed by atoms with Gasteiger partial charge < -0.3 is 5.11 Å². The minimum absolute atomic E-state index is 0.0588. The van der Waals surface area contributed by atoms with Gasteiger partial charge in [-0.2, -0.15) is 10.2 Å². The van der Waals surface area contributed by atoms with Crippen LogP contribution in [0.1, 0.15) is 22.3 Å². The van der Waals surface area contributed by atoms with Crippen LogP contribution in [0.25, 0.3) is 6.08 Å². The number of hydrogen-bond acceptors (Lipinski definition) is 6. The number of hydrogen-bond donors (Lipinski definition) is 1. The minimum atomic E-state index is -0.176. The van der Waals surface area contributed by atoms with Gasteiger partial charge in [-0.05, 0) is 66.9 Å². The van der Waals surface area contributed by atoms with Gasteiger partial charge in [-0.3, -0.25) is 9.69 Å². The largest absolute Gasteiger partial charge is 0.507 e. The van der Waals surface area contributed by atoms with Crippen molar-refractivity contribution in [3.8, 4) is 5.75 Å². The maximum atomic E-state index is 12.9. The van der Waals surface area contributed by atoms with E-state index in [-0.39, 0.29) is 11.7 Å². The van der Waals surface area contributed by atoms with Gasteiger partial charge in [0.15, 0.2) is 0 Å². The first-order valence-electron chi connectivity index (χ1n) is 10.0. The molecule has 0 atom stereocenters. The van der Waals surface area contributed by atoms with Crippen LogP contribution in [0.5, 0.6) is 5.75 Å². The van der Waals surface area contributed by atoms with E-state index in [0.717, 1.165) is 16.8 Å². The number of carbonyl (C=O) groups excluding carboxylic acids is 1. The van der Waals surface area contributed by atoms with Crippen LogP contribution in [-0.2, 0) is 11.3 Å². The Hall–Kier alpha value is -3.29. The molecule has 160 valence electrons. The number of thioether (sulfide) groups is 1. The average Bonchev–Trinajstić information content (AvgIpc) is 3.04. The van der Waals surface area contributed by atoms with Gasteiger partial charge in [-0.25, -0.2) is 0 Å². The topological polar surface area (TPSA) is 65.3 Å². The van der Waals surface area contributed by atoms with Crippen LogP contribution in [0.2, 0.25) is 0 Å². The van der Waals surface area contributed by atoms with E-state index in [2.05, 4.69) is 10.2 Å². The third kappa shape index (κ3) is 4.95. The molecule has 1 aliphatic rings. The Labute approximate surface area is 196 Å². The van der Waals surface area contributed by atoms with Crippen LogP contribution >= 0.6 is 24.0 Å². The van der Waals surface area contributed by atoms with E-state index in [4.69, 9.17) is 12.2 Å². The number of aryl methyl sites for hydroxylation is 2. The fourth-order valence-corrected chi connectivity index (χ4v) is 4.41. The lowest BCUT2D eigenvalue weighted by Crippen LogP contribution is -2.27. The molecular weight excluding hydrogens is 438 g/mol. The zero-order valence-corrected chi connectivity index (χ0v) is 19.3. The molecule has 3 aromatic carbocycles. The Kier molecular flexibility index (Phi) is 6.48. The predicted molar refractivity (Wildman–Crippen MR) is 133 cm³/mol. The van der Waals surface area contributed by atoms with Crippen molar-refractivity contribution in [2.24, 2.45) is 10.2 Å². The predicted octanol–water partition coefficient (Wildman–Crippen LogP) is 6.83. The standard InChI is InChI=1S/C25H21N3O2S2/c1-16-8-9-20(12-17(16)2)26-27-21-10-11-22(29)19(13-21)14-23-24(30)28(25(31)32-23)15-18-6-4-3-5-7-18/h3-14,29H,15H2,1-2H3/b23-14-,27-26?. The number of benzene rings is 3. The Morgan fingerprint density at radius 2 is 1.66 bits per heavy atom. The summed E-state index contributed by atoms with van der Waals surface area (Å²) in [5.74, 6) is -0.117. The minimum Gasteiger partial charge on any atom is -0.507 e. The molecule has 0 radical (unpaired) electrons. The second kappa shape index (κ2) is 9.46. The number of azo groups is 1. The number of amides is 1. The fraction of sp³-hybridized carbons (Fsp3) is 0.120. The summed E-state index contributed by atoms with van der Waals surface area (Å²) >= 11 is 6.64. The van der Waals surface area contributed by atoms with Crippen LogP contribution in [-0.4, -0.2) is 20.2 Å². The molecule has 1 fully saturated rings. The van der Waals surface area contributed by atoms with E-state index in [0.29, 0.717) is 27.0 Å². The number of phenols is 1. The van der Waals surface area contributed by atoms with E-state index < -0.39 is 0 Å². The van der Waals surface area contributed by atoms with Crippen LogP contribution in [0.15, 0.2) is 81.9 Å². The van der Waals surface area contributed by atoms with Crippen molar-refractivity contribution < 1.29 is 9.90 Å². The number of thiocarbonyl (C=S) groups is 1. The lowest BCUT2D eigenvalue weighted by molar-refractivity contribution is -0.122. The van der Waals surface area contributed by atoms with Crippen LogP contribution in [0.3, 0.4) is 0 Å². The first-order valence-corrected chi connectivity index (χ1v) is 11.2. The lowest BCUT2D eigenvalue weighted by atomic mass is 10.1. The van der Waals surface area contributed by atoms with Crippen molar-refractivity contribution in [3.63, 3.8) is 0 Å². The highest BCUT2D eigenvalue weighted by Gasteiger charge is 2.32. The van der Waals surface area contributed by atoms with Crippen molar-refractivity contribution in [1.29, 1.82) is 0 Å². The molecule has 1 N–H and O–H groups in total. The zero-order chi connectivity index (χ0) is 22.7. The molecule has 1 amide bonds. The molecule has 0 aromatic heterocycles. The Morgan fingerprint density at radius 3 is 2.38 bits per heavy atom. The number of rotatable bonds is 5. The number of nitrogens with zero attached hydrogens (tertiary/aromatic N) is 3. The van der Waals surface area contributed by atoms with Crippen LogP contribution in [0, 0.1) is 13.8 Å². The summed E-state index contributed by atoms with van der Waals surface area (Å²) in [4.78, 5) is 15.0. The van der Waals surface area contributed by atoms with Gasteiger partial charge in [0.25, 0.3) is 5.91 Å². The molecule has 1 heterocycles. The van der Waals surface area contributed by atoms with Gasteiger partial charge in [0, 0.05) is 5.56 Å². The highest BCUT2D eigenvalue weighted by atomic mass is 32.2. The molecule has 3 aromatic rings. The fourth-order valence-electron chi connectivity index (χ4n) is 3.17. The molecule has 1 saturated heterocycles. The molecule has 7 heteroatoms. The maximum absolute atomic E-state index is 12.9. The molecule has 0 bridgehead atoms. The number of phenolic OH excluding ortho intramolecular Hbond substituents is 1. The highest BCUT2D eigenvalue weighted by Crippen LogP contribution is 2.36. The summed E-state index contributed by atoms with van der Waals surface area (Å²) in [6.07, 6.45) is 1.65. The van der Waals surface area contributed by atoms with Crippen molar-refractivity contribution >= 4 is 51.7 Å². The van der Waals surface area contributed by atoms with Crippen LogP contribution in [0.4, 0.5) is 11.4 Å². The maximum Gasteiger partial charge on any atom is 0.266 e. The van der Waals surface area contributed by atoms with E-state index in [1.165, 1.54) is 17.3 Å². The van der Waals surface area contributed by atoms with Crippen molar-refractivity contribution in [1.82, 2.24) is 4.90 Å². The summed E-state index contributed by atoms with van der Waals surface area (Å²) in [5, 5.41) is 18.9. The molecule has 0 unspecified atom stereocenters. The smallest absolute Gasteiger partial charge is 0.266 e. The molecule has 1 aliphatic heterocycles. The summed E-state index contributed by atoms with van der Waals surface area (Å²) in [5.41, 5.74) is 5.16. The molecule has 32 heavy (non-hydrogen) atoms. The zero-order valence-electron chi connectivity index (χ0n) is 17.6. The molecule has 0 aliphatic carbocycles. The quantitative estimate of drug-likeness (QED) is 0.258. The Balaban J connectivity index is 1.56.